The minimum atomic E-state index is -0.594. The summed E-state index contributed by atoms with van der Waals surface area (Å²) < 4.78 is 20.9. The standard InChI is InChI=1S/C20H17NO5/c1-23-16-7-4-3-6-15(16)21-13-14-9-10-17(19(12-14)24-2)26-20(22)18-8-5-11-25-18/h3-13H,1-2H3. The van der Waals surface area contributed by atoms with E-state index in [4.69, 9.17) is 18.6 Å². The predicted molar refractivity (Wildman–Crippen MR) is 96.9 cm³/mol. The molecule has 0 aliphatic rings. The van der Waals surface area contributed by atoms with Crippen molar-refractivity contribution < 1.29 is 23.4 Å². The van der Waals surface area contributed by atoms with Gasteiger partial charge in [0.25, 0.3) is 0 Å². The molecule has 132 valence electrons. The van der Waals surface area contributed by atoms with Gasteiger partial charge in [0, 0.05) is 6.21 Å². The van der Waals surface area contributed by atoms with Gasteiger partial charge in [0.05, 0.1) is 20.5 Å². The number of benzene rings is 2. The van der Waals surface area contributed by atoms with Crippen molar-refractivity contribution in [2.24, 2.45) is 4.99 Å². The maximum atomic E-state index is 12.0. The zero-order valence-electron chi connectivity index (χ0n) is 14.3. The van der Waals surface area contributed by atoms with E-state index in [1.165, 1.54) is 19.4 Å². The number of rotatable bonds is 6. The number of furan rings is 1. The van der Waals surface area contributed by atoms with E-state index in [-0.39, 0.29) is 5.76 Å². The van der Waals surface area contributed by atoms with E-state index in [0.29, 0.717) is 22.9 Å². The Kier molecular flexibility index (Phi) is 5.34. The topological polar surface area (TPSA) is 70.3 Å². The van der Waals surface area contributed by atoms with Gasteiger partial charge >= 0.3 is 5.97 Å². The molecule has 0 amide bonds. The van der Waals surface area contributed by atoms with Crippen LogP contribution >= 0.6 is 0 Å². The molecule has 0 aliphatic heterocycles. The minimum absolute atomic E-state index is 0.119. The van der Waals surface area contributed by atoms with Gasteiger partial charge in [0.15, 0.2) is 11.5 Å². The molecule has 0 spiro atoms. The highest BCUT2D eigenvalue weighted by atomic mass is 16.6. The largest absolute Gasteiger partial charge is 0.494 e. The third-order valence-electron chi connectivity index (χ3n) is 3.55. The lowest BCUT2D eigenvalue weighted by molar-refractivity contribution is 0.0696. The van der Waals surface area contributed by atoms with Crippen LogP contribution in [0.1, 0.15) is 16.1 Å². The highest BCUT2D eigenvalue weighted by molar-refractivity contribution is 5.89. The molecule has 1 heterocycles. The van der Waals surface area contributed by atoms with E-state index < -0.39 is 5.97 Å². The maximum Gasteiger partial charge on any atom is 0.379 e. The molecule has 2 aromatic carbocycles. The number of methoxy groups -OCH3 is 2. The van der Waals surface area contributed by atoms with Crippen LogP contribution in [0, 0.1) is 0 Å². The fraction of sp³-hybridized carbons (Fsp3) is 0.100. The number of aliphatic imine (C=N–C) groups is 1. The first kappa shape index (κ1) is 17.3. The molecule has 6 nitrogen and oxygen atoms in total. The first-order valence-electron chi connectivity index (χ1n) is 7.82. The van der Waals surface area contributed by atoms with Gasteiger partial charge in [-0.3, -0.25) is 4.99 Å². The van der Waals surface area contributed by atoms with Crippen LogP contribution in [0.2, 0.25) is 0 Å². The third kappa shape index (κ3) is 3.92. The van der Waals surface area contributed by atoms with Crippen LogP contribution < -0.4 is 14.2 Å². The Balaban J connectivity index is 1.80. The Morgan fingerprint density at radius 3 is 2.50 bits per heavy atom. The normalized spacial score (nSPS) is 10.7. The Morgan fingerprint density at radius 1 is 0.962 bits per heavy atom. The van der Waals surface area contributed by atoms with Gasteiger partial charge in [-0.1, -0.05) is 12.1 Å². The second-order valence-electron chi connectivity index (χ2n) is 5.21. The van der Waals surface area contributed by atoms with Crippen LogP contribution in [0.15, 0.2) is 70.3 Å². The van der Waals surface area contributed by atoms with E-state index in [1.54, 1.807) is 37.6 Å². The molecule has 1 aromatic heterocycles. The Hall–Kier alpha value is -3.54. The monoisotopic (exact) mass is 351 g/mol. The molecule has 0 aliphatic carbocycles. The third-order valence-corrected chi connectivity index (χ3v) is 3.55. The number of carbonyl (C=O) groups is 1. The van der Waals surface area contributed by atoms with Crippen LogP contribution in [0.3, 0.4) is 0 Å². The molecule has 0 atom stereocenters. The summed E-state index contributed by atoms with van der Waals surface area (Å²) in [5.41, 5.74) is 1.49. The quantitative estimate of drug-likeness (QED) is 0.377. The predicted octanol–water partition coefficient (Wildman–Crippen LogP) is 4.27. The van der Waals surface area contributed by atoms with Crippen molar-refractivity contribution in [3.05, 3.63) is 72.2 Å². The zero-order chi connectivity index (χ0) is 18.4. The lowest BCUT2D eigenvalue weighted by atomic mass is 10.2. The minimum Gasteiger partial charge on any atom is -0.494 e. The summed E-state index contributed by atoms with van der Waals surface area (Å²) in [6.45, 7) is 0. The van der Waals surface area contributed by atoms with Crippen LogP contribution in [-0.2, 0) is 0 Å². The van der Waals surface area contributed by atoms with Crippen molar-refractivity contribution in [2.45, 2.75) is 0 Å². The van der Waals surface area contributed by atoms with Crippen LogP contribution in [0.25, 0.3) is 0 Å². The SMILES string of the molecule is COc1ccccc1N=Cc1ccc(OC(=O)c2ccco2)c(OC)c1. The molecule has 26 heavy (non-hydrogen) atoms. The number of esters is 1. The van der Waals surface area contributed by atoms with Crippen molar-refractivity contribution >= 4 is 17.9 Å². The second kappa shape index (κ2) is 8.02. The van der Waals surface area contributed by atoms with Gasteiger partial charge in [-0.25, -0.2) is 4.79 Å². The summed E-state index contributed by atoms with van der Waals surface area (Å²) in [6.07, 6.45) is 3.09. The van der Waals surface area contributed by atoms with Crippen molar-refractivity contribution in [1.29, 1.82) is 0 Å². The highest BCUT2D eigenvalue weighted by Crippen LogP contribution is 2.30. The van der Waals surface area contributed by atoms with E-state index in [0.717, 1.165) is 5.56 Å². The summed E-state index contributed by atoms with van der Waals surface area (Å²) in [5.74, 6) is 0.912. The van der Waals surface area contributed by atoms with Crippen molar-refractivity contribution in [3.8, 4) is 17.2 Å². The van der Waals surface area contributed by atoms with E-state index >= 15 is 0 Å². The van der Waals surface area contributed by atoms with Gasteiger partial charge in [-0.05, 0) is 48.0 Å². The number of hydrogen-bond acceptors (Lipinski definition) is 6. The summed E-state index contributed by atoms with van der Waals surface area (Å²) in [5, 5.41) is 0. The number of ether oxygens (including phenoxy) is 3. The summed E-state index contributed by atoms with van der Waals surface area (Å²) in [6, 6.07) is 15.7. The molecule has 0 N–H and O–H groups in total. The second-order valence-corrected chi connectivity index (χ2v) is 5.21. The molecule has 0 unspecified atom stereocenters. The molecule has 3 rings (SSSR count). The number of para-hydroxylation sites is 2. The molecule has 0 bridgehead atoms. The fourth-order valence-corrected chi connectivity index (χ4v) is 2.27. The summed E-state index contributed by atoms with van der Waals surface area (Å²) in [7, 11) is 3.10. The van der Waals surface area contributed by atoms with Gasteiger partial charge in [-0.15, -0.1) is 0 Å². The van der Waals surface area contributed by atoms with E-state index in [9.17, 15) is 4.79 Å². The van der Waals surface area contributed by atoms with Crippen molar-refractivity contribution in [1.82, 2.24) is 0 Å². The van der Waals surface area contributed by atoms with E-state index in [1.807, 2.05) is 24.3 Å². The highest BCUT2D eigenvalue weighted by Gasteiger charge is 2.14. The molecule has 0 saturated heterocycles. The van der Waals surface area contributed by atoms with Crippen molar-refractivity contribution in [2.75, 3.05) is 14.2 Å². The lowest BCUT2D eigenvalue weighted by Crippen LogP contribution is -2.08. The number of carbonyl (C=O) groups excluding carboxylic acids is 1. The average molecular weight is 351 g/mol. The molecular weight excluding hydrogens is 334 g/mol. The van der Waals surface area contributed by atoms with Gasteiger partial charge in [0.2, 0.25) is 5.76 Å². The summed E-state index contributed by atoms with van der Waals surface area (Å²) in [4.78, 5) is 16.4. The number of nitrogens with zero attached hydrogens (tertiary/aromatic N) is 1. The van der Waals surface area contributed by atoms with E-state index in [2.05, 4.69) is 4.99 Å². The van der Waals surface area contributed by atoms with Crippen LogP contribution in [0.4, 0.5) is 5.69 Å². The smallest absolute Gasteiger partial charge is 0.379 e. The first-order valence-corrected chi connectivity index (χ1v) is 7.82. The van der Waals surface area contributed by atoms with Crippen molar-refractivity contribution in [3.63, 3.8) is 0 Å². The number of hydrogen-bond donors (Lipinski definition) is 0. The van der Waals surface area contributed by atoms with Gasteiger partial charge < -0.3 is 18.6 Å². The lowest BCUT2D eigenvalue weighted by Gasteiger charge is -2.09. The Morgan fingerprint density at radius 2 is 1.77 bits per heavy atom. The molecule has 0 radical (unpaired) electrons. The van der Waals surface area contributed by atoms with Crippen LogP contribution in [-0.4, -0.2) is 26.4 Å². The molecule has 6 heteroatoms. The van der Waals surface area contributed by atoms with Gasteiger partial charge in [-0.2, -0.15) is 0 Å². The average Bonchev–Trinajstić information content (AvgIpc) is 3.22. The maximum absolute atomic E-state index is 12.0. The summed E-state index contributed by atoms with van der Waals surface area (Å²) >= 11 is 0. The Bertz CT molecular complexity index is 916. The first-order chi connectivity index (χ1) is 12.7. The molecular formula is C20H17NO5. The van der Waals surface area contributed by atoms with Crippen LogP contribution in [0.5, 0.6) is 17.2 Å². The molecule has 0 fully saturated rings. The molecule has 3 aromatic rings. The Labute approximate surface area is 150 Å². The fourth-order valence-electron chi connectivity index (χ4n) is 2.27. The van der Waals surface area contributed by atoms with Gasteiger partial charge in [0.1, 0.15) is 11.4 Å². The zero-order valence-corrected chi connectivity index (χ0v) is 14.3. The molecule has 0 saturated carbocycles.